The SMILES string of the molecule is CC(CNC(C)C)COc1ccc(F)c(Br)c1. The predicted molar refractivity (Wildman–Crippen MR) is 71.9 cm³/mol. The molecule has 0 bridgehead atoms. The minimum absolute atomic E-state index is 0.271. The first kappa shape index (κ1) is 14.5. The molecule has 0 saturated heterocycles. The zero-order chi connectivity index (χ0) is 12.8. The van der Waals surface area contributed by atoms with Crippen LogP contribution in [-0.2, 0) is 0 Å². The molecular formula is C13H19BrFNO. The molecule has 0 spiro atoms. The lowest BCUT2D eigenvalue weighted by atomic mass is 10.2. The summed E-state index contributed by atoms with van der Waals surface area (Å²) in [6.45, 7) is 7.89. The number of halogens is 2. The van der Waals surface area contributed by atoms with E-state index in [4.69, 9.17) is 4.74 Å². The van der Waals surface area contributed by atoms with Gasteiger partial charge in [-0.05, 0) is 34.1 Å². The van der Waals surface area contributed by atoms with Gasteiger partial charge < -0.3 is 10.1 Å². The van der Waals surface area contributed by atoms with Crippen LogP contribution in [0.5, 0.6) is 5.75 Å². The van der Waals surface area contributed by atoms with Crippen LogP contribution < -0.4 is 10.1 Å². The Bertz CT molecular complexity index is 357. The van der Waals surface area contributed by atoms with Gasteiger partial charge in [0.1, 0.15) is 11.6 Å². The van der Waals surface area contributed by atoms with Crippen molar-refractivity contribution in [3.8, 4) is 5.75 Å². The molecule has 1 atom stereocenters. The van der Waals surface area contributed by atoms with E-state index < -0.39 is 0 Å². The molecule has 0 aliphatic rings. The number of hydrogen-bond donors (Lipinski definition) is 1. The number of benzene rings is 1. The van der Waals surface area contributed by atoms with Crippen molar-refractivity contribution in [2.24, 2.45) is 5.92 Å². The van der Waals surface area contributed by atoms with Crippen molar-refractivity contribution in [3.05, 3.63) is 28.5 Å². The second kappa shape index (κ2) is 6.97. The Morgan fingerprint density at radius 2 is 2.06 bits per heavy atom. The third-order valence-electron chi connectivity index (χ3n) is 2.30. The second-order valence-corrected chi connectivity index (χ2v) is 5.41. The van der Waals surface area contributed by atoms with Crippen LogP contribution in [-0.4, -0.2) is 19.2 Å². The molecule has 0 saturated carbocycles. The van der Waals surface area contributed by atoms with Gasteiger partial charge in [-0.15, -0.1) is 0 Å². The van der Waals surface area contributed by atoms with E-state index in [1.165, 1.54) is 6.07 Å². The Hall–Kier alpha value is -0.610. The van der Waals surface area contributed by atoms with E-state index >= 15 is 0 Å². The number of ether oxygens (including phenoxy) is 1. The first-order chi connectivity index (χ1) is 7.99. The third kappa shape index (κ3) is 5.50. The van der Waals surface area contributed by atoms with Crippen LogP contribution in [0.2, 0.25) is 0 Å². The van der Waals surface area contributed by atoms with Crippen LogP contribution in [0, 0.1) is 11.7 Å². The molecule has 96 valence electrons. The predicted octanol–water partition coefficient (Wildman–Crippen LogP) is 3.60. The van der Waals surface area contributed by atoms with Crippen molar-refractivity contribution < 1.29 is 9.13 Å². The molecule has 0 fully saturated rings. The van der Waals surface area contributed by atoms with Gasteiger partial charge in [0.25, 0.3) is 0 Å². The fourth-order valence-corrected chi connectivity index (χ4v) is 1.66. The summed E-state index contributed by atoms with van der Waals surface area (Å²) >= 11 is 3.14. The van der Waals surface area contributed by atoms with Crippen molar-refractivity contribution in [3.63, 3.8) is 0 Å². The summed E-state index contributed by atoms with van der Waals surface area (Å²) in [4.78, 5) is 0. The molecule has 1 unspecified atom stereocenters. The van der Waals surface area contributed by atoms with Gasteiger partial charge in [-0.25, -0.2) is 4.39 Å². The van der Waals surface area contributed by atoms with Gasteiger partial charge in [-0.3, -0.25) is 0 Å². The molecule has 2 nitrogen and oxygen atoms in total. The van der Waals surface area contributed by atoms with Crippen molar-refractivity contribution >= 4 is 15.9 Å². The summed E-state index contributed by atoms with van der Waals surface area (Å²) in [5.74, 6) is 0.836. The molecular weight excluding hydrogens is 285 g/mol. The smallest absolute Gasteiger partial charge is 0.137 e. The highest BCUT2D eigenvalue weighted by Gasteiger charge is 2.05. The lowest BCUT2D eigenvalue weighted by molar-refractivity contribution is 0.252. The molecule has 1 N–H and O–H groups in total. The molecule has 0 aliphatic carbocycles. The summed E-state index contributed by atoms with van der Waals surface area (Å²) in [7, 11) is 0. The van der Waals surface area contributed by atoms with E-state index in [1.807, 2.05) is 0 Å². The van der Waals surface area contributed by atoms with Gasteiger partial charge >= 0.3 is 0 Å². The largest absolute Gasteiger partial charge is 0.493 e. The van der Waals surface area contributed by atoms with Crippen LogP contribution in [0.3, 0.4) is 0 Å². The lowest BCUT2D eigenvalue weighted by Crippen LogP contribution is -2.30. The van der Waals surface area contributed by atoms with Crippen LogP contribution in [0.15, 0.2) is 22.7 Å². The van der Waals surface area contributed by atoms with Gasteiger partial charge in [0.05, 0.1) is 11.1 Å². The third-order valence-corrected chi connectivity index (χ3v) is 2.91. The van der Waals surface area contributed by atoms with E-state index in [9.17, 15) is 4.39 Å². The van der Waals surface area contributed by atoms with Gasteiger partial charge in [0.15, 0.2) is 0 Å². The van der Waals surface area contributed by atoms with E-state index in [0.717, 1.165) is 6.54 Å². The summed E-state index contributed by atoms with van der Waals surface area (Å²) in [5, 5.41) is 3.35. The quantitative estimate of drug-likeness (QED) is 0.867. The highest BCUT2D eigenvalue weighted by Crippen LogP contribution is 2.21. The van der Waals surface area contributed by atoms with Crippen molar-refractivity contribution in [1.29, 1.82) is 0 Å². The fraction of sp³-hybridized carbons (Fsp3) is 0.538. The number of rotatable bonds is 6. The van der Waals surface area contributed by atoms with Gasteiger partial charge in [0, 0.05) is 18.5 Å². The van der Waals surface area contributed by atoms with Gasteiger partial charge in [0.2, 0.25) is 0 Å². The van der Waals surface area contributed by atoms with E-state index in [2.05, 4.69) is 42.0 Å². The van der Waals surface area contributed by atoms with Gasteiger partial charge in [-0.2, -0.15) is 0 Å². The van der Waals surface area contributed by atoms with Crippen LogP contribution >= 0.6 is 15.9 Å². The molecule has 0 radical (unpaired) electrons. The molecule has 1 rings (SSSR count). The van der Waals surface area contributed by atoms with E-state index in [1.54, 1.807) is 12.1 Å². The molecule has 4 heteroatoms. The van der Waals surface area contributed by atoms with E-state index in [0.29, 0.717) is 28.8 Å². The zero-order valence-corrected chi connectivity index (χ0v) is 12.1. The summed E-state index contributed by atoms with van der Waals surface area (Å²) in [6, 6.07) is 5.18. The highest BCUT2D eigenvalue weighted by atomic mass is 79.9. The second-order valence-electron chi connectivity index (χ2n) is 4.56. The van der Waals surface area contributed by atoms with Crippen LogP contribution in [0.25, 0.3) is 0 Å². The molecule has 17 heavy (non-hydrogen) atoms. The summed E-state index contributed by atoms with van der Waals surface area (Å²) < 4.78 is 19.0. The highest BCUT2D eigenvalue weighted by molar-refractivity contribution is 9.10. The van der Waals surface area contributed by atoms with Crippen molar-refractivity contribution in [1.82, 2.24) is 5.32 Å². The Labute approximate surface area is 111 Å². The standard InChI is InChI=1S/C13H19BrFNO/c1-9(2)16-7-10(3)8-17-11-4-5-13(15)12(14)6-11/h4-6,9-10,16H,7-8H2,1-3H3. The average Bonchev–Trinajstić information content (AvgIpc) is 2.28. The van der Waals surface area contributed by atoms with Gasteiger partial charge in [-0.1, -0.05) is 20.8 Å². The minimum atomic E-state index is -0.271. The zero-order valence-electron chi connectivity index (χ0n) is 10.5. The average molecular weight is 304 g/mol. The van der Waals surface area contributed by atoms with Crippen molar-refractivity contribution in [2.75, 3.05) is 13.2 Å². The number of hydrogen-bond acceptors (Lipinski definition) is 2. The molecule has 0 aromatic heterocycles. The van der Waals surface area contributed by atoms with Crippen molar-refractivity contribution in [2.45, 2.75) is 26.8 Å². The Morgan fingerprint density at radius 1 is 1.35 bits per heavy atom. The monoisotopic (exact) mass is 303 g/mol. The maximum absolute atomic E-state index is 13.0. The summed E-state index contributed by atoms with van der Waals surface area (Å²) in [5.41, 5.74) is 0. The minimum Gasteiger partial charge on any atom is -0.493 e. The Balaban J connectivity index is 2.36. The molecule has 0 aliphatic heterocycles. The van der Waals surface area contributed by atoms with Crippen LogP contribution in [0.1, 0.15) is 20.8 Å². The molecule has 1 aromatic carbocycles. The topological polar surface area (TPSA) is 21.3 Å². The number of nitrogens with one attached hydrogen (secondary N) is 1. The Morgan fingerprint density at radius 3 is 2.65 bits per heavy atom. The maximum atomic E-state index is 13.0. The normalized spacial score (nSPS) is 12.8. The fourth-order valence-electron chi connectivity index (χ4n) is 1.30. The first-order valence-corrected chi connectivity index (χ1v) is 6.59. The summed E-state index contributed by atoms with van der Waals surface area (Å²) in [6.07, 6.45) is 0. The molecule has 0 heterocycles. The van der Waals surface area contributed by atoms with E-state index in [-0.39, 0.29) is 5.82 Å². The van der Waals surface area contributed by atoms with Crippen LogP contribution in [0.4, 0.5) is 4.39 Å². The lowest BCUT2D eigenvalue weighted by Gasteiger charge is -2.15. The Kier molecular flexibility index (Phi) is 5.92. The maximum Gasteiger partial charge on any atom is 0.137 e. The molecule has 1 aromatic rings. The molecule has 0 amide bonds. The first-order valence-electron chi connectivity index (χ1n) is 5.80.